The number of allylic oxidation sites excluding steroid dienone is 2. The first kappa shape index (κ1) is 16.7. The molecule has 0 heterocycles. The average Bonchev–Trinajstić information content (AvgIpc) is 2.59. The van der Waals surface area contributed by atoms with E-state index < -0.39 is 0 Å². The summed E-state index contributed by atoms with van der Waals surface area (Å²) < 4.78 is 10.5. The van der Waals surface area contributed by atoms with E-state index in [1.807, 2.05) is 18.2 Å². The van der Waals surface area contributed by atoms with Crippen LogP contribution >= 0.6 is 11.6 Å². The summed E-state index contributed by atoms with van der Waals surface area (Å²) in [6.07, 6.45) is 2.14. The van der Waals surface area contributed by atoms with Crippen molar-refractivity contribution in [3.8, 4) is 23.3 Å². The maximum absolute atomic E-state index is 10.9. The maximum atomic E-state index is 10.9. The van der Waals surface area contributed by atoms with E-state index >= 15 is 0 Å². The zero-order valence-electron chi connectivity index (χ0n) is 12.8. The van der Waals surface area contributed by atoms with Gasteiger partial charge in [-0.05, 0) is 35.9 Å². The fourth-order valence-electron chi connectivity index (χ4n) is 1.94. The standard InChI is InChI=1S/C19H15ClO3/c1-22-18-10-7-16(19(13-18)23-2)4-3-15(11-12-21)14-5-8-17(20)9-6-14/h5-13H,1-2H3/b15-11+. The molecule has 0 aromatic heterocycles. The highest BCUT2D eigenvalue weighted by Gasteiger charge is 2.03. The van der Waals surface area contributed by atoms with Gasteiger partial charge in [0.05, 0.1) is 19.8 Å². The van der Waals surface area contributed by atoms with Crippen LogP contribution in [0.5, 0.6) is 11.5 Å². The molecule has 0 spiro atoms. The van der Waals surface area contributed by atoms with Gasteiger partial charge in [-0.25, -0.2) is 0 Å². The monoisotopic (exact) mass is 326 g/mol. The van der Waals surface area contributed by atoms with Gasteiger partial charge in [0.15, 0.2) is 0 Å². The highest BCUT2D eigenvalue weighted by Crippen LogP contribution is 2.24. The molecule has 0 saturated heterocycles. The fraction of sp³-hybridized carbons (Fsp3) is 0.105. The van der Waals surface area contributed by atoms with E-state index in [1.54, 1.807) is 38.5 Å². The zero-order chi connectivity index (χ0) is 16.7. The minimum Gasteiger partial charge on any atom is -0.497 e. The van der Waals surface area contributed by atoms with E-state index in [9.17, 15) is 4.79 Å². The van der Waals surface area contributed by atoms with Gasteiger partial charge in [0.25, 0.3) is 0 Å². The summed E-state index contributed by atoms with van der Waals surface area (Å²) >= 11 is 5.88. The Bertz CT molecular complexity index is 780. The van der Waals surface area contributed by atoms with Gasteiger partial charge in [0, 0.05) is 16.7 Å². The summed E-state index contributed by atoms with van der Waals surface area (Å²) in [5.41, 5.74) is 2.13. The maximum Gasteiger partial charge on any atom is 0.144 e. The van der Waals surface area contributed by atoms with Crippen molar-refractivity contribution in [2.45, 2.75) is 0 Å². The molecule has 4 heteroatoms. The summed E-state index contributed by atoms with van der Waals surface area (Å²) in [6.45, 7) is 0. The number of halogens is 1. The van der Waals surface area contributed by atoms with Crippen LogP contribution in [-0.2, 0) is 4.79 Å². The van der Waals surface area contributed by atoms with Crippen molar-refractivity contribution in [1.29, 1.82) is 0 Å². The van der Waals surface area contributed by atoms with E-state index in [0.29, 0.717) is 33.9 Å². The second-order valence-corrected chi connectivity index (χ2v) is 4.98. The summed E-state index contributed by atoms with van der Waals surface area (Å²) in [7, 11) is 3.16. The number of hydrogen-bond acceptors (Lipinski definition) is 3. The third-order valence-corrected chi connectivity index (χ3v) is 3.38. The molecule has 0 bridgehead atoms. The van der Waals surface area contributed by atoms with Gasteiger partial charge < -0.3 is 9.47 Å². The van der Waals surface area contributed by atoms with E-state index in [0.717, 1.165) is 5.56 Å². The molecule has 2 aromatic carbocycles. The minimum atomic E-state index is 0.606. The molecule has 0 aliphatic rings. The Balaban J connectivity index is 2.39. The van der Waals surface area contributed by atoms with Crippen LogP contribution < -0.4 is 9.47 Å². The normalized spacial score (nSPS) is 10.5. The highest BCUT2D eigenvalue weighted by atomic mass is 35.5. The van der Waals surface area contributed by atoms with Gasteiger partial charge >= 0.3 is 0 Å². The minimum absolute atomic E-state index is 0.606. The Morgan fingerprint density at radius 2 is 1.83 bits per heavy atom. The van der Waals surface area contributed by atoms with Crippen molar-refractivity contribution in [1.82, 2.24) is 0 Å². The lowest BCUT2D eigenvalue weighted by Gasteiger charge is -2.06. The number of methoxy groups -OCH3 is 2. The smallest absolute Gasteiger partial charge is 0.144 e. The summed E-state index contributed by atoms with van der Waals surface area (Å²) in [6, 6.07) is 12.5. The molecule has 0 aliphatic carbocycles. The largest absolute Gasteiger partial charge is 0.497 e. The third-order valence-electron chi connectivity index (χ3n) is 3.13. The molecule has 0 N–H and O–H groups in total. The second kappa shape index (κ2) is 8.07. The summed E-state index contributed by atoms with van der Waals surface area (Å²) in [4.78, 5) is 10.9. The van der Waals surface area contributed by atoms with Crippen molar-refractivity contribution >= 4 is 23.5 Å². The Morgan fingerprint density at radius 1 is 1.09 bits per heavy atom. The number of aldehydes is 1. The third kappa shape index (κ3) is 4.38. The SMILES string of the molecule is COc1ccc(C#C/C(=C\C=O)c2ccc(Cl)cc2)c(OC)c1. The molecule has 0 unspecified atom stereocenters. The number of ether oxygens (including phenoxy) is 2. The predicted molar refractivity (Wildman–Crippen MR) is 91.9 cm³/mol. The Kier molecular flexibility index (Phi) is 5.85. The molecule has 2 aromatic rings. The lowest BCUT2D eigenvalue weighted by Crippen LogP contribution is -1.90. The topological polar surface area (TPSA) is 35.5 Å². The van der Waals surface area contributed by atoms with Gasteiger partial charge in [-0.3, -0.25) is 4.79 Å². The van der Waals surface area contributed by atoms with Gasteiger partial charge in [-0.2, -0.15) is 0 Å². The first-order valence-electron chi connectivity index (χ1n) is 6.83. The van der Waals surface area contributed by atoms with Crippen LogP contribution in [0.4, 0.5) is 0 Å². The molecule has 0 fully saturated rings. The van der Waals surface area contributed by atoms with E-state index in [-0.39, 0.29) is 0 Å². The van der Waals surface area contributed by atoms with E-state index in [4.69, 9.17) is 21.1 Å². The number of benzene rings is 2. The van der Waals surface area contributed by atoms with Crippen molar-refractivity contribution in [3.63, 3.8) is 0 Å². The Morgan fingerprint density at radius 3 is 2.43 bits per heavy atom. The highest BCUT2D eigenvalue weighted by molar-refractivity contribution is 6.30. The van der Waals surface area contributed by atoms with Gasteiger partial charge in [-0.15, -0.1) is 0 Å². The van der Waals surface area contributed by atoms with Gasteiger partial charge in [0.1, 0.15) is 17.8 Å². The number of rotatable bonds is 4. The lowest BCUT2D eigenvalue weighted by molar-refractivity contribution is -0.104. The average molecular weight is 327 g/mol. The van der Waals surface area contributed by atoms with Crippen LogP contribution in [0.1, 0.15) is 11.1 Å². The number of carbonyl (C=O) groups is 1. The molecule has 3 nitrogen and oxygen atoms in total. The first-order chi connectivity index (χ1) is 11.2. The van der Waals surface area contributed by atoms with Crippen LogP contribution in [0.25, 0.3) is 5.57 Å². The number of carbonyl (C=O) groups excluding carboxylic acids is 1. The summed E-state index contributed by atoms with van der Waals surface area (Å²) in [5.74, 6) is 7.32. The zero-order valence-corrected chi connectivity index (χ0v) is 13.6. The lowest BCUT2D eigenvalue weighted by atomic mass is 10.1. The van der Waals surface area contributed by atoms with E-state index in [1.165, 1.54) is 6.08 Å². The first-order valence-corrected chi connectivity index (χ1v) is 7.21. The summed E-state index contributed by atoms with van der Waals surface area (Å²) in [5, 5.41) is 0.629. The molecule has 2 rings (SSSR count). The van der Waals surface area contributed by atoms with Gasteiger partial charge in [0.2, 0.25) is 0 Å². The quantitative estimate of drug-likeness (QED) is 0.484. The molecule has 23 heavy (non-hydrogen) atoms. The molecule has 116 valence electrons. The van der Waals surface area contributed by atoms with Crippen LogP contribution in [-0.4, -0.2) is 20.5 Å². The molecule has 0 radical (unpaired) electrons. The molecule has 0 amide bonds. The van der Waals surface area contributed by atoms with Crippen LogP contribution in [0.2, 0.25) is 5.02 Å². The van der Waals surface area contributed by atoms with Crippen molar-refractivity contribution in [3.05, 3.63) is 64.7 Å². The Labute approximate surface area is 140 Å². The van der Waals surface area contributed by atoms with E-state index in [2.05, 4.69) is 11.8 Å². The van der Waals surface area contributed by atoms with Crippen molar-refractivity contribution < 1.29 is 14.3 Å². The molecule has 0 aliphatic heterocycles. The second-order valence-electron chi connectivity index (χ2n) is 4.54. The van der Waals surface area contributed by atoms with Crippen LogP contribution in [0.3, 0.4) is 0 Å². The molecular weight excluding hydrogens is 312 g/mol. The molecular formula is C19H15ClO3. The predicted octanol–water partition coefficient (Wildman–Crippen LogP) is 3.99. The Hall–Kier alpha value is -2.70. The van der Waals surface area contributed by atoms with Crippen molar-refractivity contribution in [2.24, 2.45) is 0 Å². The van der Waals surface area contributed by atoms with Crippen LogP contribution in [0, 0.1) is 11.8 Å². The van der Waals surface area contributed by atoms with Crippen LogP contribution in [0.15, 0.2) is 48.5 Å². The molecule has 0 saturated carbocycles. The number of hydrogen-bond donors (Lipinski definition) is 0. The van der Waals surface area contributed by atoms with Crippen molar-refractivity contribution in [2.75, 3.05) is 14.2 Å². The molecule has 0 atom stereocenters. The fourth-order valence-corrected chi connectivity index (χ4v) is 2.07. The van der Waals surface area contributed by atoms with Gasteiger partial charge in [-0.1, -0.05) is 35.6 Å².